The minimum Gasteiger partial charge on any atom is -0.291 e. The Morgan fingerprint density at radius 2 is 1.62 bits per heavy atom. The Bertz CT molecular complexity index is 960. The number of carbonyl (C=O) groups is 1. The summed E-state index contributed by atoms with van der Waals surface area (Å²) in [6, 6.07) is 12.3. The van der Waals surface area contributed by atoms with Crippen LogP contribution in [0.4, 0.5) is 5.69 Å². The van der Waals surface area contributed by atoms with Crippen molar-refractivity contribution >= 4 is 26.5 Å². The number of hydrogen-bond donors (Lipinski definition) is 1. The molecule has 0 aliphatic heterocycles. The monoisotopic (exact) mass is 342 g/mol. The van der Waals surface area contributed by atoms with Crippen LogP contribution in [-0.2, 0) is 10.1 Å². The van der Waals surface area contributed by atoms with Crippen molar-refractivity contribution in [1.29, 1.82) is 0 Å². The molecule has 2 aromatic rings. The average molecular weight is 342 g/mol. The average Bonchev–Trinajstić information content (AvgIpc) is 2.55. The summed E-state index contributed by atoms with van der Waals surface area (Å²) in [4.78, 5) is 12.2. The molecular weight excluding hydrogens is 328 g/mol. The Labute approximate surface area is 139 Å². The van der Waals surface area contributed by atoms with E-state index < -0.39 is 16.2 Å². The molecule has 1 aliphatic carbocycles. The molecule has 0 saturated carbocycles. The van der Waals surface area contributed by atoms with Crippen molar-refractivity contribution in [3.8, 4) is 0 Å². The highest BCUT2D eigenvalue weighted by Gasteiger charge is 2.32. The smallest absolute Gasteiger partial charge is 0.291 e. The zero-order valence-corrected chi connectivity index (χ0v) is 13.6. The molecule has 6 nitrogen and oxygen atoms in total. The third kappa shape index (κ3) is 3.17. The first kappa shape index (κ1) is 16.2. The fourth-order valence-corrected chi connectivity index (χ4v) is 3.19. The second kappa shape index (κ2) is 6.10. The first-order chi connectivity index (χ1) is 11.4. The van der Waals surface area contributed by atoms with E-state index in [-0.39, 0.29) is 21.8 Å². The number of Topliss-reactive ketones (excluding diaryl/α,β-unsaturated/α-hetero) is 1. The number of benzene rings is 2. The molecule has 1 N–H and O–H groups in total. The number of fused-ring (bicyclic) bond motifs is 1. The number of ketones is 1. The summed E-state index contributed by atoms with van der Waals surface area (Å²) in [5, 5.41) is 7.94. The Morgan fingerprint density at radius 3 is 2.25 bits per heavy atom. The van der Waals surface area contributed by atoms with Crippen molar-refractivity contribution < 1.29 is 17.8 Å². The minimum atomic E-state index is -4.48. The Kier molecular flexibility index (Phi) is 4.13. The number of aryl methyl sites for hydroxylation is 1. The first-order valence-electron chi connectivity index (χ1n) is 7.17. The van der Waals surface area contributed by atoms with Gasteiger partial charge in [-0.3, -0.25) is 9.35 Å². The standard InChI is InChI=1S/C17H14N2O4S/c1-11-6-8-12(9-7-11)18-19-15-10-16(24(21,22)23)13-4-2-3-5-14(13)17(15)20/h2-10,15H,1H3,(H,21,22,23). The van der Waals surface area contributed by atoms with Crippen molar-refractivity contribution in [2.45, 2.75) is 13.0 Å². The van der Waals surface area contributed by atoms with Gasteiger partial charge in [-0.05, 0) is 25.1 Å². The quantitative estimate of drug-likeness (QED) is 0.681. The maximum atomic E-state index is 12.5. The van der Waals surface area contributed by atoms with Crippen LogP contribution < -0.4 is 0 Å². The SMILES string of the molecule is Cc1ccc(N=NC2C=C(S(=O)(=O)O)c3ccccc3C2=O)cc1. The summed E-state index contributed by atoms with van der Waals surface area (Å²) in [5.41, 5.74) is 1.98. The fraction of sp³-hybridized carbons (Fsp3) is 0.118. The van der Waals surface area contributed by atoms with Gasteiger partial charge in [0.05, 0.1) is 5.69 Å². The van der Waals surface area contributed by atoms with Crippen molar-refractivity contribution in [2.75, 3.05) is 0 Å². The van der Waals surface area contributed by atoms with Crippen LogP contribution >= 0.6 is 0 Å². The van der Waals surface area contributed by atoms with Crippen LogP contribution in [0.25, 0.3) is 4.91 Å². The molecule has 0 amide bonds. The first-order valence-corrected chi connectivity index (χ1v) is 8.61. The zero-order chi connectivity index (χ0) is 17.3. The molecule has 0 aromatic heterocycles. The Hall–Kier alpha value is -2.64. The van der Waals surface area contributed by atoms with E-state index in [0.29, 0.717) is 5.69 Å². The van der Waals surface area contributed by atoms with Crippen LogP contribution in [0.2, 0.25) is 0 Å². The molecule has 3 rings (SSSR count). The lowest BCUT2D eigenvalue weighted by molar-refractivity contribution is 0.0975. The predicted molar refractivity (Wildman–Crippen MR) is 89.8 cm³/mol. The minimum absolute atomic E-state index is 0.173. The number of nitrogens with zero attached hydrogens (tertiary/aromatic N) is 2. The molecule has 7 heteroatoms. The lowest BCUT2D eigenvalue weighted by atomic mass is 9.93. The van der Waals surface area contributed by atoms with Gasteiger partial charge in [-0.25, -0.2) is 0 Å². The second-order valence-electron chi connectivity index (χ2n) is 5.41. The zero-order valence-electron chi connectivity index (χ0n) is 12.7. The second-order valence-corrected chi connectivity index (χ2v) is 6.80. The molecule has 2 aromatic carbocycles. The normalized spacial score (nSPS) is 17.7. The van der Waals surface area contributed by atoms with Gasteiger partial charge in [0.25, 0.3) is 10.1 Å². The number of hydrogen-bond acceptors (Lipinski definition) is 5. The van der Waals surface area contributed by atoms with E-state index in [1.165, 1.54) is 12.1 Å². The third-order valence-electron chi connectivity index (χ3n) is 3.65. The van der Waals surface area contributed by atoms with Crippen LogP contribution in [0.3, 0.4) is 0 Å². The molecule has 1 unspecified atom stereocenters. The Morgan fingerprint density at radius 1 is 1.00 bits per heavy atom. The highest BCUT2D eigenvalue weighted by Crippen LogP contribution is 2.31. The van der Waals surface area contributed by atoms with E-state index in [9.17, 15) is 17.8 Å². The molecule has 1 atom stereocenters. The van der Waals surface area contributed by atoms with Gasteiger partial charge in [0.2, 0.25) is 0 Å². The van der Waals surface area contributed by atoms with Gasteiger partial charge in [0.15, 0.2) is 11.8 Å². The van der Waals surface area contributed by atoms with Crippen LogP contribution in [0.1, 0.15) is 21.5 Å². The number of carbonyl (C=O) groups excluding carboxylic acids is 1. The van der Waals surface area contributed by atoms with Gasteiger partial charge in [0.1, 0.15) is 4.91 Å². The van der Waals surface area contributed by atoms with Crippen molar-refractivity contribution in [3.63, 3.8) is 0 Å². The maximum Gasteiger partial charge on any atom is 0.294 e. The summed E-state index contributed by atoms with van der Waals surface area (Å²) < 4.78 is 32.7. The number of azo groups is 1. The van der Waals surface area contributed by atoms with Crippen LogP contribution in [0.5, 0.6) is 0 Å². The molecule has 24 heavy (non-hydrogen) atoms. The predicted octanol–water partition coefficient (Wildman–Crippen LogP) is 3.57. The Balaban J connectivity index is 2.03. The third-order valence-corrected chi connectivity index (χ3v) is 4.56. The highest BCUT2D eigenvalue weighted by molar-refractivity contribution is 7.95. The van der Waals surface area contributed by atoms with E-state index in [0.717, 1.165) is 11.6 Å². The molecule has 1 aliphatic rings. The summed E-state index contributed by atoms with van der Waals surface area (Å²) >= 11 is 0. The summed E-state index contributed by atoms with van der Waals surface area (Å²) in [5.74, 6) is -0.367. The van der Waals surface area contributed by atoms with E-state index in [4.69, 9.17) is 0 Å². The molecule has 0 heterocycles. The van der Waals surface area contributed by atoms with Gasteiger partial charge in [0, 0.05) is 11.1 Å². The van der Waals surface area contributed by atoms with Crippen LogP contribution in [-0.4, -0.2) is 24.8 Å². The fourth-order valence-electron chi connectivity index (χ4n) is 2.43. The van der Waals surface area contributed by atoms with Gasteiger partial charge in [-0.15, -0.1) is 0 Å². The van der Waals surface area contributed by atoms with E-state index in [1.807, 2.05) is 19.1 Å². The van der Waals surface area contributed by atoms with Crippen LogP contribution in [0.15, 0.2) is 64.8 Å². The van der Waals surface area contributed by atoms with Gasteiger partial charge in [-0.1, -0.05) is 42.0 Å². The summed E-state index contributed by atoms with van der Waals surface area (Å²) in [6.45, 7) is 1.93. The lowest BCUT2D eigenvalue weighted by Crippen LogP contribution is -2.24. The van der Waals surface area contributed by atoms with E-state index in [1.54, 1.807) is 24.3 Å². The van der Waals surface area contributed by atoms with E-state index in [2.05, 4.69) is 10.2 Å². The van der Waals surface area contributed by atoms with Crippen molar-refractivity contribution in [3.05, 3.63) is 71.3 Å². The maximum absolute atomic E-state index is 12.5. The molecular formula is C17H14N2O4S. The van der Waals surface area contributed by atoms with Crippen molar-refractivity contribution in [2.24, 2.45) is 10.2 Å². The number of rotatable bonds is 3. The summed E-state index contributed by atoms with van der Waals surface area (Å²) in [6.07, 6.45) is 1.12. The molecule has 122 valence electrons. The lowest BCUT2D eigenvalue weighted by Gasteiger charge is -2.18. The van der Waals surface area contributed by atoms with Gasteiger partial charge < -0.3 is 0 Å². The van der Waals surface area contributed by atoms with Gasteiger partial charge >= 0.3 is 0 Å². The van der Waals surface area contributed by atoms with Gasteiger partial charge in [-0.2, -0.15) is 18.6 Å². The molecule has 0 spiro atoms. The molecule has 0 radical (unpaired) electrons. The topological polar surface area (TPSA) is 96.2 Å². The summed E-state index contributed by atoms with van der Waals surface area (Å²) in [7, 11) is -4.48. The molecule has 0 fully saturated rings. The highest BCUT2D eigenvalue weighted by atomic mass is 32.2. The van der Waals surface area contributed by atoms with E-state index >= 15 is 0 Å². The van der Waals surface area contributed by atoms with Crippen molar-refractivity contribution in [1.82, 2.24) is 0 Å². The van der Waals surface area contributed by atoms with Crippen LogP contribution in [0, 0.1) is 6.92 Å². The molecule has 0 bridgehead atoms. The largest absolute Gasteiger partial charge is 0.294 e. The molecule has 0 saturated heterocycles.